The molecule has 0 spiro atoms. The van der Waals surface area contributed by atoms with Crippen LogP contribution in [-0.2, 0) is 17.8 Å². The van der Waals surface area contributed by atoms with Gasteiger partial charge in [0.05, 0.1) is 10.8 Å². The van der Waals surface area contributed by atoms with Gasteiger partial charge in [0.2, 0.25) is 5.91 Å². The Bertz CT molecular complexity index is 918. The molecule has 0 aromatic heterocycles. The topological polar surface area (TPSA) is 75.5 Å². The van der Waals surface area contributed by atoms with E-state index in [0.717, 1.165) is 37.1 Å². The summed E-state index contributed by atoms with van der Waals surface area (Å²) in [6.07, 6.45) is 3.52. The smallest absolute Gasteiger partial charge is 0.269 e. The maximum atomic E-state index is 13.4. The zero-order chi connectivity index (χ0) is 19.7. The van der Waals surface area contributed by atoms with Gasteiger partial charge in [0.1, 0.15) is 5.82 Å². The van der Waals surface area contributed by atoms with Crippen LogP contribution < -0.4 is 10.2 Å². The lowest BCUT2D eigenvalue weighted by Crippen LogP contribution is -2.53. The molecule has 28 heavy (non-hydrogen) atoms. The summed E-state index contributed by atoms with van der Waals surface area (Å²) >= 11 is 0. The maximum absolute atomic E-state index is 13.4. The predicted octanol–water partition coefficient (Wildman–Crippen LogP) is 3.58. The van der Waals surface area contributed by atoms with Crippen LogP contribution in [0.25, 0.3) is 0 Å². The van der Waals surface area contributed by atoms with Crippen molar-refractivity contribution in [3.05, 3.63) is 69.5 Å². The summed E-state index contributed by atoms with van der Waals surface area (Å²) in [6.45, 7) is 1.12. The number of nitrogens with zero attached hydrogens (tertiary/aromatic N) is 2. The average molecular weight is 383 g/mol. The van der Waals surface area contributed by atoms with Gasteiger partial charge in [0, 0.05) is 37.0 Å². The molecule has 4 rings (SSSR count). The van der Waals surface area contributed by atoms with E-state index < -0.39 is 4.92 Å². The molecule has 2 heterocycles. The number of nitro benzene ring substituents is 1. The number of halogens is 1. The van der Waals surface area contributed by atoms with Gasteiger partial charge in [-0.1, -0.05) is 12.1 Å². The average Bonchev–Trinajstić information content (AvgIpc) is 2.71. The molecule has 2 atom stereocenters. The van der Waals surface area contributed by atoms with Crippen molar-refractivity contribution in [1.29, 1.82) is 0 Å². The summed E-state index contributed by atoms with van der Waals surface area (Å²) in [6, 6.07) is 11.2. The summed E-state index contributed by atoms with van der Waals surface area (Å²) in [4.78, 5) is 26.0. The van der Waals surface area contributed by atoms with Crippen LogP contribution in [0, 0.1) is 21.8 Å². The Balaban J connectivity index is 1.56. The van der Waals surface area contributed by atoms with Crippen molar-refractivity contribution < 1.29 is 14.1 Å². The Hall–Kier alpha value is -2.96. The van der Waals surface area contributed by atoms with E-state index in [1.54, 1.807) is 18.2 Å². The van der Waals surface area contributed by atoms with Gasteiger partial charge >= 0.3 is 0 Å². The van der Waals surface area contributed by atoms with Crippen LogP contribution in [0.5, 0.6) is 0 Å². The SMILES string of the molecule is O=C(NCc1cccc(F)c1)C1Cc2cc([N+](=O)[O-])ccc2N2CCCCC12. The number of amides is 1. The Kier molecular flexibility index (Phi) is 4.98. The number of benzene rings is 2. The first-order valence-corrected chi connectivity index (χ1v) is 9.59. The third-order valence-electron chi connectivity index (χ3n) is 5.73. The van der Waals surface area contributed by atoms with Gasteiger partial charge in [-0.3, -0.25) is 14.9 Å². The molecule has 2 aliphatic rings. The third kappa shape index (κ3) is 3.56. The van der Waals surface area contributed by atoms with Crippen molar-refractivity contribution >= 4 is 17.3 Å². The quantitative estimate of drug-likeness (QED) is 0.647. The van der Waals surface area contributed by atoms with E-state index in [-0.39, 0.29) is 35.9 Å². The Morgan fingerprint density at radius 2 is 2.11 bits per heavy atom. The fourth-order valence-electron chi connectivity index (χ4n) is 4.41. The molecule has 0 radical (unpaired) electrons. The predicted molar refractivity (Wildman–Crippen MR) is 104 cm³/mol. The lowest BCUT2D eigenvalue weighted by atomic mass is 9.80. The van der Waals surface area contributed by atoms with Crippen LogP contribution in [0.3, 0.4) is 0 Å². The molecule has 2 unspecified atom stereocenters. The molecule has 146 valence electrons. The standard InChI is InChI=1S/C21H22FN3O3/c22-16-5-3-4-14(10-16)13-23-21(26)18-12-15-11-17(25(27)28)7-8-19(15)24-9-2-1-6-20(18)24/h3-5,7-8,10-11,18,20H,1-2,6,9,12-13H2,(H,23,26). The number of nitro groups is 1. The first-order chi connectivity index (χ1) is 13.5. The monoisotopic (exact) mass is 383 g/mol. The van der Waals surface area contributed by atoms with Crippen LogP contribution in [0.15, 0.2) is 42.5 Å². The molecule has 1 amide bonds. The van der Waals surface area contributed by atoms with Crippen molar-refractivity contribution in [3.63, 3.8) is 0 Å². The first kappa shape index (κ1) is 18.4. The molecule has 0 aliphatic carbocycles. The molecule has 0 saturated carbocycles. The highest BCUT2D eigenvalue weighted by atomic mass is 19.1. The molecule has 6 nitrogen and oxygen atoms in total. The molecule has 2 aliphatic heterocycles. The largest absolute Gasteiger partial charge is 0.368 e. The van der Waals surface area contributed by atoms with Crippen molar-refractivity contribution in [2.24, 2.45) is 5.92 Å². The minimum absolute atomic E-state index is 0.0492. The first-order valence-electron chi connectivity index (χ1n) is 9.59. The van der Waals surface area contributed by atoms with E-state index in [4.69, 9.17) is 0 Å². The number of rotatable bonds is 4. The van der Waals surface area contributed by atoms with Crippen molar-refractivity contribution in [1.82, 2.24) is 5.32 Å². The summed E-state index contributed by atoms with van der Waals surface area (Å²) in [5.74, 6) is -0.689. The molecule has 1 N–H and O–H groups in total. The second-order valence-electron chi connectivity index (χ2n) is 7.48. The Morgan fingerprint density at radius 1 is 1.25 bits per heavy atom. The number of carbonyl (C=O) groups is 1. The molecular formula is C21H22FN3O3. The number of carbonyl (C=O) groups excluding carboxylic acids is 1. The lowest BCUT2D eigenvalue weighted by molar-refractivity contribution is -0.384. The highest BCUT2D eigenvalue weighted by Crippen LogP contribution is 2.39. The Morgan fingerprint density at radius 3 is 2.89 bits per heavy atom. The van der Waals surface area contributed by atoms with Gasteiger partial charge in [0.25, 0.3) is 5.69 Å². The van der Waals surface area contributed by atoms with Crippen LogP contribution in [0.4, 0.5) is 15.8 Å². The Labute approximate surface area is 162 Å². The molecule has 1 saturated heterocycles. The molecular weight excluding hydrogens is 361 g/mol. The number of piperidine rings is 1. The third-order valence-corrected chi connectivity index (χ3v) is 5.73. The number of hydrogen-bond donors (Lipinski definition) is 1. The summed E-state index contributed by atoms with van der Waals surface area (Å²) in [5, 5.41) is 14.1. The minimum Gasteiger partial charge on any atom is -0.368 e. The van der Waals surface area contributed by atoms with Crippen LogP contribution in [0.1, 0.15) is 30.4 Å². The number of fused-ring (bicyclic) bond motifs is 3. The molecule has 2 aromatic carbocycles. The maximum Gasteiger partial charge on any atom is 0.269 e. The zero-order valence-corrected chi connectivity index (χ0v) is 15.4. The fraction of sp³-hybridized carbons (Fsp3) is 0.381. The van der Waals surface area contributed by atoms with Crippen molar-refractivity contribution in [2.45, 2.75) is 38.3 Å². The minimum atomic E-state index is -0.401. The van der Waals surface area contributed by atoms with E-state index >= 15 is 0 Å². The molecule has 2 aromatic rings. The number of non-ortho nitro benzene ring substituents is 1. The van der Waals surface area contributed by atoms with Crippen LogP contribution in [0.2, 0.25) is 0 Å². The number of hydrogen-bond acceptors (Lipinski definition) is 4. The van der Waals surface area contributed by atoms with Crippen LogP contribution in [-0.4, -0.2) is 23.4 Å². The van der Waals surface area contributed by atoms with E-state index in [1.165, 1.54) is 18.2 Å². The lowest BCUT2D eigenvalue weighted by Gasteiger charge is -2.45. The highest BCUT2D eigenvalue weighted by molar-refractivity contribution is 5.82. The normalized spacial score (nSPS) is 20.8. The fourth-order valence-corrected chi connectivity index (χ4v) is 4.41. The van der Waals surface area contributed by atoms with Crippen molar-refractivity contribution in [3.8, 4) is 0 Å². The van der Waals surface area contributed by atoms with Gasteiger partial charge in [0.15, 0.2) is 0 Å². The van der Waals surface area contributed by atoms with Gasteiger partial charge in [-0.2, -0.15) is 0 Å². The van der Waals surface area contributed by atoms with E-state index in [9.17, 15) is 19.3 Å². The second kappa shape index (κ2) is 7.58. The molecule has 1 fully saturated rings. The zero-order valence-electron chi connectivity index (χ0n) is 15.4. The highest BCUT2D eigenvalue weighted by Gasteiger charge is 2.39. The second-order valence-corrected chi connectivity index (χ2v) is 7.48. The summed E-state index contributed by atoms with van der Waals surface area (Å²) in [5.41, 5.74) is 2.61. The van der Waals surface area contributed by atoms with Gasteiger partial charge in [-0.15, -0.1) is 0 Å². The summed E-state index contributed by atoms with van der Waals surface area (Å²) < 4.78 is 13.4. The van der Waals surface area contributed by atoms with E-state index in [1.807, 2.05) is 6.07 Å². The van der Waals surface area contributed by atoms with Crippen LogP contribution >= 0.6 is 0 Å². The summed E-state index contributed by atoms with van der Waals surface area (Å²) in [7, 11) is 0. The van der Waals surface area contributed by atoms with Gasteiger partial charge < -0.3 is 10.2 Å². The van der Waals surface area contributed by atoms with E-state index in [0.29, 0.717) is 12.0 Å². The van der Waals surface area contributed by atoms with Gasteiger partial charge in [-0.05, 0) is 55.0 Å². The van der Waals surface area contributed by atoms with E-state index in [2.05, 4.69) is 10.2 Å². The van der Waals surface area contributed by atoms with Gasteiger partial charge in [-0.25, -0.2) is 4.39 Å². The number of anilines is 1. The number of nitrogens with one attached hydrogen (secondary N) is 1. The molecule has 7 heteroatoms. The van der Waals surface area contributed by atoms with Crippen molar-refractivity contribution in [2.75, 3.05) is 11.4 Å². The molecule has 0 bridgehead atoms.